The molecule has 0 bridgehead atoms. The van der Waals surface area contributed by atoms with Crippen LogP contribution in [0.2, 0.25) is 0 Å². The van der Waals surface area contributed by atoms with E-state index in [1.807, 2.05) is 19.1 Å². The summed E-state index contributed by atoms with van der Waals surface area (Å²) in [5.74, 6) is 0. The quantitative estimate of drug-likeness (QED) is 0.430. The Bertz CT molecular complexity index is 155. The Morgan fingerprint density at radius 1 is 1.57 bits per heavy atom. The summed E-state index contributed by atoms with van der Waals surface area (Å²) in [5.41, 5.74) is 1.00. The minimum Gasteiger partial charge on any atom is -0.242 e. The summed E-state index contributed by atoms with van der Waals surface area (Å²) in [6.07, 6.45) is 3.73. The van der Waals surface area contributed by atoms with Crippen molar-refractivity contribution in [2.24, 2.45) is 4.99 Å². The van der Waals surface area contributed by atoms with Crippen molar-refractivity contribution in [3.05, 3.63) is 12.2 Å². The molecule has 1 aliphatic heterocycles. The lowest BCUT2D eigenvalue weighted by Crippen LogP contribution is -1.77. The van der Waals surface area contributed by atoms with Crippen LogP contribution in [0.25, 0.3) is 0 Å². The predicted molar refractivity (Wildman–Crippen MR) is 34.8 cm³/mol. The van der Waals surface area contributed by atoms with Crippen LogP contribution in [0, 0.1) is 0 Å². The molecule has 2 heteroatoms. The van der Waals surface area contributed by atoms with E-state index in [9.17, 15) is 0 Å². The third-order valence-electron chi connectivity index (χ3n) is 0.754. The van der Waals surface area contributed by atoms with Crippen LogP contribution in [0.15, 0.2) is 17.1 Å². The van der Waals surface area contributed by atoms with Gasteiger partial charge in [-0.15, -0.1) is 0 Å². The van der Waals surface area contributed by atoms with E-state index in [0.717, 1.165) is 5.71 Å². The molecule has 0 aromatic carbocycles. The predicted octanol–water partition coefficient (Wildman–Crippen LogP) is 1.34. The molecular weight excluding hydrogens is 106 g/mol. The van der Waals surface area contributed by atoms with E-state index in [1.165, 1.54) is 0 Å². The van der Waals surface area contributed by atoms with Gasteiger partial charge in [-0.3, -0.25) is 0 Å². The van der Waals surface area contributed by atoms with Gasteiger partial charge in [0, 0.05) is 5.71 Å². The first-order valence-corrected chi connectivity index (χ1v) is 2.47. The van der Waals surface area contributed by atoms with E-state index in [2.05, 4.69) is 4.99 Å². The fourth-order valence-corrected chi connectivity index (χ4v) is 0.652. The van der Waals surface area contributed by atoms with Crippen molar-refractivity contribution in [2.75, 3.05) is 0 Å². The largest absolute Gasteiger partial charge is 0.242 e. The lowest BCUT2D eigenvalue weighted by Gasteiger charge is -1.74. The van der Waals surface area contributed by atoms with Crippen LogP contribution in [0.5, 0.6) is 0 Å². The molecule has 7 heavy (non-hydrogen) atoms. The molecule has 0 atom stereocenters. The second-order valence-corrected chi connectivity index (χ2v) is 1.84. The molecular formula is C5H5NS. The van der Waals surface area contributed by atoms with Crippen LogP contribution < -0.4 is 0 Å². The summed E-state index contributed by atoms with van der Waals surface area (Å²) in [4.78, 5) is 4.62. The van der Waals surface area contributed by atoms with Gasteiger partial charge in [-0.05, 0) is 19.1 Å². The Kier molecular flexibility index (Phi) is 1.02. The zero-order chi connectivity index (χ0) is 5.28. The lowest BCUT2D eigenvalue weighted by molar-refractivity contribution is 1.74. The van der Waals surface area contributed by atoms with Crippen molar-refractivity contribution in [1.82, 2.24) is 0 Å². The molecule has 0 aromatic rings. The molecule has 0 N–H and O–H groups in total. The van der Waals surface area contributed by atoms with E-state index in [1.54, 1.807) is 0 Å². The maximum Gasteiger partial charge on any atom is 0.126 e. The smallest absolute Gasteiger partial charge is 0.126 e. The Labute approximate surface area is 47.8 Å². The van der Waals surface area contributed by atoms with Crippen molar-refractivity contribution in [2.45, 2.75) is 6.92 Å². The number of rotatable bonds is 0. The Morgan fingerprint density at radius 2 is 2.29 bits per heavy atom. The van der Waals surface area contributed by atoms with Gasteiger partial charge in [0.15, 0.2) is 0 Å². The fourth-order valence-electron chi connectivity index (χ4n) is 0.440. The molecule has 0 fully saturated rings. The molecule has 1 nitrogen and oxygen atoms in total. The highest BCUT2D eigenvalue weighted by molar-refractivity contribution is 7.80. The van der Waals surface area contributed by atoms with Crippen molar-refractivity contribution in [1.29, 1.82) is 0 Å². The van der Waals surface area contributed by atoms with Crippen molar-refractivity contribution >= 4 is 22.9 Å². The summed E-state index contributed by atoms with van der Waals surface area (Å²) in [7, 11) is 0. The molecule has 0 saturated carbocycles. The summed E-state index contributed by atoms with van der Waals surface area (Å²) < 4.78 is 0. The maximum absolute atomic E-state index is 4.72. The van der Waals surface area contributed by atoms with Gasteiger partial charge < -0.3 is 0 Å². The molecule has 1 rings (SSSR count). The normalized spacial score (nSPS) is 17.9. The third kappa shape index (κ3) is 0.933. The zero-order valence-corrected chi connectivity index (χ0v) is 4.83. The Balaban J connectivity index is 2.88. The first-order valence-electron chi connectivity index (χ1n) is 2.06. The summed E-state index contributed by atoms with van der Waals surface area (Å²) in [5, 5.41) is 0. The number of hydrogen-bond donors (Lipinski definition) is 0. The highest BCUT2D eigenvalue weighted by atomic mass is 32.1. The molecule has 0 spiro atoms. The van der Waals surface area contributed by atoms with Crippen molar-refractivity contribution < 1.29 is 0 Å². The Morgan fingerprint density at radius 3 is 2.43 bits per heavy atom. The minimum absolute atomic E-state index is 0.692. The van der Waals surface area contributed by atoms with E-state index >= 15 is 0 Å². The first-order chi connectivity index (χ1) is 3.29. The molecule has 0 unspecified atom stereocenters. The highest BCUT2D eigenvalue weighted by Crippen LogP contribution is 1.95. The third-order valence-corrected chi connectivity index (χ3v) is 0.981. The van der Waals surface area contributed by atoms with E-state index < -0.39 is 0 Å². The van der Waals surface area contributed by atoms with E-state index in [0.29, 0.717) is 4.99 Å². The van der Waals surface area contributed by atoms with Crippen LogP contribution in [-0.4, -0.2) is 10.7 Å². The van der Waals surface area contributed by atoms with Crippen LogP contribution in [-0.2, 0) is 0 Å². The molecule has 1 aliphatic rings. The standard InChI is InChI=1S/C5H5NS/c1-4-2-3-5(7)6-4/h2-3H,1H3. The van der Waals surface area contributed by atoms with Crippen LogP contribution >= 0.6 is 12.2 Å². The number of allylic oxidation sites excluding steroid dienone is 1. The van der Waals surface area contributed by atoms with Crippen LogP contribution in [0.1, 0.15) is 6.92 Å². The molecule has 0 aliphatic carbocycles. The number of hydrogen-bond acceptors (Lipinski definition) is 1. The monoisotopic (exact) mass is 111 g/mol. The minimum atomic E-state index is 0.692. The topological polar surface area (TPSA) is 12.4 Å². The van der Waals surface area contributed by atoms with E-state index in [4.69, 9.17) is 12.2 Å². The van der Waals surface area contributed by atoms with Gasteiger partial charge in [0.2, 0.25) is 0 Å². The van der Waals surface area contributed by atoms with Gasteiger partial charge in [0.1, 0.15) is 4.99 Å². The van der Waals surface area contributed by atoms with Gasteiger partial charge in [-0.1, -0.05) is 12.2 Å². The molecule has 0 aromatic heterocycles. The second kappa shape index (κ2) is 1.54. The van der Waals surface area contributed by atoms with Gasteiger partial charge in [0.25, 0.3) is 0 Å². The lowest BCUT2D eigenvalue weighted by atomic mass is 10.4. The van der Waals surface area contributed by atoms with Gasteiger partial charge >= 0.3 is 0 Å². The Hall–Kier alpha value is -0.500. The average molecular weight is 111 g/mol. The SMILES string of the molecule is CC1=NC(=S)C=C1. The zero-order valence-electron chi connectivity index (χ0n) is 4.01. The summed E-state index contributed by atoms with van der Waals surface area (Å²) in [6, 6.07) is 0. The summed E-state index contributed by atoms with van der Waals surface area (Å²) in [6.45, 7) is 1.93. The van der Waals surface area contributed by atoms with Crippen LogP contribution in [0.3, 0.4) is 0 Å². The number of nitrogens with zero attached hydrogens (tertiary/aromatic N) is 1. The van der Waals surface area contributed by atoms with Gasteiger partial charge in [-0.25, -0.2) is 4.99 Å². The number of thiocarbonyl (C=S) groups is 1. The molecule has 0 radical (unpaired) electrons. The van der Waals surface area contributed by atoms with Crippen molar-refractivity contribution in [3.8, 4) is 0 Å². The van der Waals surface area contributed by atoms with Gasteiger partial charge in [-0.2, -0.15) is 0 Å². The molecule has 36 valence electrons. The first kappa shape index (κ1) is 4.65. The van der Waals surface area contributed by atoms with Gasteiger partial charge in [0.05, 0.1) is 0 Å². The second-order valence-electron chi connectivity index (χ2n) is 1.42. The number of aliphatic imine (C=N–C) groups is 1. The average Bonchev–Trinajstić information content (AvgIpc) is 1.87. The molecule has 0 amide bonds. The maximum atomic E-state index is 4.72. The summed E-state index contributed by atoms with van der Waals surface area (Å²) >= 11 is 4.72. The van der Waals surface area contributed by atoms with E-state index in [-0.39, 0.29) is 0 Å². The van der Waals surface area contributed by atoms with Crippen molar-refractivity contribution in [3.63, 3.8) is 0 Å². The van der Waals surface area contributed by atoms with Crippen LogP contribution in [0.4, 0.5) is 0 Å². The molecule has 0 saturated heterocycles. The highest BCUT2D eigenvalue weighted by Gasteiger charge is 1.94. The fraction of sp³-hybridized carbons (Fsp3) is 0.200. The molecule has 1 heterocycles.